The van der Waals surface area contributed by atoms with Gasteiger partial charge in [0.1, 0.15) is 5.75 Å². The third kappa shape index (κ3) is 2.77. The normalized spacial score (nSPS) is 32.9. The Morgan fingerprint density at radius 3 is 3.00 bits per heavy atom. The number of likely N-dealkylation sites (tertiary alicyclic amines) is 1. The Kier molecular flexibility index (Phi) is 3.78. The van der Waals surface area contributed by atoms with Crippen LogP contribution in [0.4, 0.5) is 0 Å². The molecular formula is C16H21ClN2O2. The first-order valence-corrected chi connectivity index (χ1v) is 8.26. The zero-order chi connectivity index (χ0) is 14.2. The molecule has 1 aromatic heterocycles. The number of halogens is 1. The van der Waals surface area contributed by atoms with E-state index < -0.39 is 0 Å². The van der Waals surface area contributed by atoms with Gasteiger partial charge in [0.05, 0.1) is 30.5 Å². The van der Waals surface area contributed by atoms with Crippen molar-refractivity contribution in [3.05, 3.63) is 23.5 Å². The molecule has 1 aromatic rings. The van der Waals surface area contributed by atoms with Crippen LogP contribution < -0.4 is 4.74 Å². The van der Waals surface area contributed by atoms with E-state index in [1.165, 1.54) is 25.8 Å². The average Bonchev–Trinajstić information content (AvgIpc) is 2.95. The lowest BCUT2D eigenvalue weighted by molar-refractivity contribution is 0.0691. The van der Waals surface area contributed by atoms with Crippen LogP contribution in [-0.2, 0) is 4.74 Å². The van der Waals surface area contributed by atoms with Gasteiger partial charge < -0.3 is 9.47 Å². The highest BCUT2D eigenvalue weighted by molar-refractivity contribution is 6.30. The minimum atomic E-state index is 0.414. The second-order valence-electron chi connectivity index (χ2n) is 6.48. The molecule has 0 unspecified atom stereocenters. The van der Waals surface area contributed by atoms with Gasteiger partial charge in [-0.05, 0) is 12.8 Å². The van der Waals surface area contributed by atoms with Crippen LogP contribution in [0.1, 0.15) is 19.3 Å². The van der Waals surface area contributed by atoms with Gasteiger partial charge in [-0.3, -0.25) is 9.88 Å². The Bertz CT molecular complexity index is 509. The van der Waals surface area contributed by atoms with Gasteiger partial charge in [0.15, 0.2) is 0 Å². The van der Waals surface area contributed by atoms with Gasteiger partial charge >= 0.3 is 0 Å². The van der Waals surface area contributed by atoms with Gasteiger partial charge in [-0.1, -0.05) is 18.0 Å². The third-order valence-corrected chi connectivity index (χ3v) is 5.41. The second-order valence-corrected chi connectivity index (χ2v) is 6.92. The van der Waals surface area contributed by atoms with Crippen molar-refractivity contribution in [3.63, 3.8) is 0 Å². The van der Waals surface area contributed by atoms with Gasteiger partial charge in [-0.25, -0.2) is 0 Å². The van der Waals surface area contributed by atoms with Crippen LogP contribution in [0.3, 0.4) is 0 Å². The van der Waals surface area contributed by atoms with Crippen molar-refractivity contribution in [2.75, 3.05) is 26.3 Å². The molecule has 0 radical (unpaired) electrons. The molecule has 4 rings (SSSR count). The van der Waals surface area contributed by atoms with Crippen molar-refractivity contribution < 1.29 is 9.47 Å². The molecule has 21 heavy (non-hydrogen) atoms. The summed E-state index contributed by atoms with van der Waals surface area (Å²) in [6.45, 7) is 3.81. The highest BCUT2D eigenvalue weighted by atomic mass is 35.5. The van der Waals surface area contributed by atoms with E-state index in [0.717, 1.165) is 24.9 Å². The van der Waals surface area contributed by atoms with E-state index in [9.17, 15) is 0 Å². The summed E-state index contributed by atoms with van der Waals surface area (Å²) in [5.74, 6) is 1.86. The van der Waals surface area contributed by atoms with Gasteiger partial charge in [-0.2, -0.15) is 0 Å². The van der Waals surface area contributed by atoms with E-state index >= 15 is 0 Å². The molecule has 0 bridgehead atoms. The topological polar surface area (TPSA) is 34.6 Å². The quantitative estimate of drug-likeness (QED) is 0.856. The average molecular weight is 309 g/mol. The fraction of sp³-hybridized carbons (Fsp3) is 0.688. The number of nitrogens with zero attached hydrogens (tertiary/aromatic N) is 2. The van der Waals surface area contributed by atoms with Crippen LogP contribution in [-0.4, -0.2) is 48.3 Å². The van der Waals surface area contributed by atoms with Crippen molar-refractivity contribution in [2.45, 2.75) is 31.4 Å². The van der Waals surface area contributed by atoms with Crippen molar-refractivity contribution in [1.29, 1.82) is 0 Å². The highest BCUT2D eigenvalue weighted by Crippen LogP contribution is 2.38. The lowest BCUT2D eigenvalue weighted by atomic mass is 9.91. The standard InChI is InChI=1S/C16H21ClN2O2/c17-12-4-14(6-18-5-12)20-9-11-10-21-16-8-19(7-15(11)16)13-2-1-3-13/h4-6,11,13,15-16H,1-3,7-10H2/t11-,15+,16+/m0/s1. The van der Waals surface area contributed by atoms with Crippen molar-refractivity contribution >= 4 is 11.6 Å². The molecule has 0 spiro atoms. The van der Waals surface area contributed by atoms with Crippen molar-refractivity contribution in [1.82, 2.24) is 9.88 Å². The summed E-state index contributed by atoms with van der Waals surface area (Å²) < 4.78 is 11.9. The Morgan fingerprint density at radius 1 is 1.33 bits per heavy atom. The van der Waals surface area contributed by atoms with Crippen LogP contribution in [0.15, 0.2) is 18.5 Å². The first-order chi connectivity index (χ1) is 10.3. The number of ether oxygens (including phenoxy) is 2. The number of rotatable bonds is 4. The van der Waals surface area contributed by atoms with Crippen LogP contribution in [0.25, 0.3) is 0 Å². The second kappa shape index (κ2) is 5.75. The molecule has 4 nitrogen and oxygen atoms in total. The summed E-state index contributed by atoms with van der Waals surface area (Å²) in [5.41, 5.74) is 0. The molecule has 1 aliphatic carbocycles. The molecule has 0 amide bonds. The molecule has 1 saturated carbocycles. The summed E-state index contributed by atoms with van der Waals surface area (Å²) in [6, 6.07) is 2.63. The number of pyridine rings is 1. The van der Waals surface area contributed by atoms with Crippen molar-refractivity contribution in [3.8, 4) is 5.75 Å². The summed E-state index contributed by atoms with van der Waals surface area (Å²) in [7, 11) is 0. The van der Waals surface area contributed by atoms with E-state index in [4.69, 9.17) is 21.1 Å². The Hall–Kier alpha value is -0.840. The van der Waals surface area contributed by atoms with Crippen LogP contribution in [0.5, 0.6) is 5.75 Å². The predicted molar refractivity (Wildman–Crippen MR) is 80.7 cm³/mol. The SMILES string of the molecule is Clc1cncc(OC[C@H]2CO[C@@H]3CN(C4CCC4)C[C@H]23)c1. The van der Waals surface area contributed by atoms with Gasteiger partial charge in [0.2, 0.25) is 0 Å². The molecule has 3 atom stereocenters. The van der Waals surface area contributed by atoms with E-state index in [1.807, 2.05) is 6.07 Å². The minimum Gasteiger partial charge on any atom is -0.492 e. The Morgan fingerprint density at radius 2 is 2.24 bits per heavy atom. The summed E-state index contributed by atoms with van der Waals surface area (Å²) in [4.78, 5) is 6.68. The fourth-order valence-electron chi connectivity index (χ4n) is 3.73. The van der Waals surface area contributed by atoms with Crippen LogP contribution >= 0.6 is 11.6 Å². The molecule has 0 N–H and O–H groups in total. The number of hydrogen-bond acceptors (Lipinski definition) is 4. The maximum Gasteiger partial charge on any atom is 0.139 e. The van der Waals surface area contributed by atoms with Crippen LogP contribution in [0.2, 0.25) is 5.02 Å². The summed E-state index contributed by atoms with van der Waals surface area (Å²) in [5, 5.41) is 0.616. The molecular weight excluding hydrogens is 288 g/mol. The number of fused-ring (bicyclic) bond motifs is 1. The Labute approximate surface area is 130 Å². The molecule has 5 heteroatoms. The van der Waals surface area contributed by atoms with Gasteiger partial charge in [-0.15, -0.1) is 0 Å². The van der Waals surface area contributed by atoms with E-state index in [1.54, 1.807) is 12.4 Å². The zero-order valence-corrected chi connectivity index (χ0v) is 12.8. The smallest absolute Gasteiger partial charge is 0.139 e. The lowest BCUT2D eigenvalue weighted by Gasteiger charge is -2.35. The molecule has 3 fully saturated rings. The molecule has 0 aromatic carbocycles. The van der Waals surface area contributed by atoms with Crippen molar-refractivity contribution in [2.24, 2.45) is 11.8 Å². The first kappa shape index (κ1) is 13.8. The van der Waals surface area contributed by atoms with Crippen LogP contribution in [0, 0.1) is 11.8 Å². The summed E-state index contributed by atoms with van der Waals surface area (Å²) in [6.07, 6.45) is 7.89. The number of hydrogen-bond donors (Lipinski definition) is 0. The third-order valence-electron chi connectivity index (χ3n) is 5.20. The van der Waals surface area contributed by atoms with E-state index in [2.05, 4.69) is 9.88 Å². The predicted octanol–water partition coefficient (Wildman–Crippen LogP) is 2.61. The molecule has 114 valence electrons. The molecule has 2 aliphatic heterocycles. The van der Waals surface area contributed by atoms with Gasteiger partial charge in [0.25, 0.3) is 0 Å². The fourth-order valence-corrected chi connectivity index (χ4v) is 3.89. The van der Waals surface area contributed by atoms with Gasteiger partial charge in [0, 0.05) is 43.2 Å². The largest absolute Gasteiger partial charge is 0.492 e. The molecule has 2 saturated heterocycles. The Balaban J connectivity index is 1.34. The maximum atomic E-state index is 5.99. The molecule has 3 heterocycles. The summed E-state index contributed by atoms with van der Waals surface area (Å²) >= 11 is 5.93. The first-order valence-electron chi connectivity index (χ1n) is 7.88. The highest BCUT2D eigenvalue weighted by Gasteiger charge is 2.46. The maximum absolute atomic E-state index is 5.99. The number of aromatic nitrogens is 1. The lowest BCUT2D eigenvalue weighted by Crippen LogP contribution is -2.40. The minimum absolute atomic E-state index is 0.414. The van der Waals surface area contributed by atoms with E-state index in [0.29, 0.717) is 29.6 Å². The monoisotopic (exact) mass is 308 g/mol. The zero-order valence-electron chi connectivity index (χ0n) is 12.1. The van der Waals surface area contributed by atoms with E-state index in [-0.39, 0.29) is 0 Å². The molecule has 3 aliphatic rings.